The van der Waals surface area contributed by atoms with Gasteiger partial charge in [-0.05, 0) is 37.3 Å². The molecule has 0 aliphatic heterocycles. The van der Waals surface area contributed by atoms with Crippen LogP contribution < -0.4 is 15.8 Å². The first-order valence-electron chi connectivity index (χ1n) is 7.82. The Bertz CT molecular complexity index is 1000. The molecule has 6 nitrogen and oxygen atoms in total. The van der Waals surface area contributed by atoms with Crippen LogP contribution in [0.15, 0.2) is 48.5 Å². The zero-order valence-corrected chi connectivity index (χ0v) is 14.0. The van der Waals surface area contributed by atoms with Gasteiger partial charge in [0, 0.05) is 23.2 Å². The van der Waals surface area contributed by atoms with E-state index in [2.05, 4.69) is 10.3 Å². The topological polar surface area (TPSA) is 94.3 Å². The molecule has 0 spiro atoms. The first kappa shape index (κ1) is 17.3. The van der Waals surface area contributed by atoms with Gasteiger partial charge in [0.25, 0.3) is 11.8 Å². The number of fused-ring (bicyclic) bond motifs is 1. The third-order valence-corrected chi connectivity index (χ3v) is 3.69. The predicted octanol–water partition coefficient (Wildman–Crippen LogP) is 2.80. The SMILES string of the molecule is Cc1nc2cc(F)ccc2cc1C(=O)Nc1cccc(OCC(N)=O)c1. The van der Waals surface area contributed by atoms with E-state index in [1.165, 1.54) is 12.1 Å². The highest BCUT2D eigenvalue weighted by Crippen LogP contribution is 2.21. The Labute approximate surface area is 148 Å². The number of carbonyl (C=O) groups is 2. The Morgan fingerprint density at radius 3 is 2.77 bits per heavy atom. The Hall–Kier alpha value is -3.48. The Morgan fingerprint density at radius 1 is 1.19 bits per heavy atom. The lowest BCUT2D eigenvalue weighted by atomic mass is 10.1. The van der Waals surface area contributed by atoms with Crippen molar-refractivity contribution < 1.29 is 18.7 Å². The van der Waals surface area contributed by atoms with E-state index in [9.17, 15) is 14.0 Å². The first-order valence-corrected chi connectivity index (χ1v) is 7.82. The van der Waals surface area contributed by atoms with Crippen molar-refractivity contribution in [1.29, 1.82) is 0 Å². The zero-order valence-electron chi connectivity index (χ0n) is 14.0. The van der Waals surface area contributed by atoms with Crippen LogP contribution >= 0.6 is 0 Å². The lowest BCUT2D eigenvalue weighted by molar-refractivity contribution is -0.119. The molecule has 2 amide bonds. The minimum atomic E-state index is -0.589. The number of ether oxygens (including phenoxy) is 1. The Balaban J connectivity index is 1.83. The van der Waals surface area contributed by atoms with Gasteiger partial charge in [-0.2, -0.15) is 0 Å². The van der Waals surface area contributed by atoms with Gasteiger partial charge in [-0.1, -0.05) is 6.07 Å². The fourth-order valence-corrected chi connectivity index (χ4v) is 2.48. The fraction of sp³-hybridized carbons (Fsp3) is 0.105. The summed E-state index contributed by atoms with van der Waals surface area (Å²) >= 11 is 0. The van der Waals surface area contributed by atoms with Crippen molar-refractivity contribution in [3.05, 3.63) is 65.6 Å². The molecule has 1 aromatic heterocycles. The largest absolute Gasteiger partial charge is 0.484 e. The summed E-state index contributed by atoms with van der Waals surface area (Å²) in [4.78, 5) is 27.7. The molecule has 0 unspecified atom stereocenters. The number of halogens is 1. The molecule has 0 bridgehead atoms. The van der Waals surface area contributed by atoms with Crippen molar-refractivity contribution in [2.24, 2.45) is 5.73 Å². The summed E-state index contributed by atoms with van der Waals surface area (Å²) in [5.74, 6) is -0.915. The van der Waals surface area contributed by atoms with Crippen LogP contribution in [0.25, 0.3) is 10.9 Å². The summed E-state index contributed by atoms with van der Waals surface area (Å²) in [6.07, 6.45) is 0. The number of hydrogen-bond acceptors (Lipinski definition) is 4. The molecule has 0 aliphatic carbocycles. The summed E-state index contributed by atoms with van der Waals surface area (Å²) in [6, 6.07) is 12.5. The van der Waals surface area contributed by atoms with E-state index >= 15 is 0 Å². The molecule has 0 atom stereocenters. The van der Waals surface area contributed by atoms with E-state index in [0.717, 1.165) is 0 Å². The monoisotopic (exact) mass is 353 g/mol. The number of nitrogens with one attached hydrogen (secondary N) is 1. The van der Waals surface area contributed by atoms with Crippen molar-refractivity contribution in [2.75, 3.05) is 11.9 Å². The molecule has 1 heterocycles. The van der Waals surface area contributed by atoms with Crippen LogP contribution in [0.3, 0.4) is 0 Å². The van der Waals surface area contributed by atoms with Crippen LogP contribution in [0.2, 0.25) is 0 Å². The Morgan fingerprint density at radius 2 is 2.00 bits per heavy atom. The number of rotatable bonds is 5. The minimum absolute atomic E-state index is 0.248. The summed E-state index contributed by atoms with van der Waals surface area (Å²) in [6.45, 7) is 1.44. The fourth-order valence-electron chi connectivity index (χ4n) is 2.48. The van der Waals surface area contributed by atoms with Gasteiger partial charge < -0.3 is 15.8 Å². The first-order chi connectivity index (χ1) is 12.4. The summed E-state index contributed by atoms with van der Waals surface area (Å²) in [7, 11) is 0. The summed E-state index contributed by atoms with van der Waals surface area (Å²) in [5, 5.41) is 3.42. The number of pyridine rings is 1. The highest BCUT2D eigenvalue weighted by Gasteiger charge is 2.13. The van der Waals surface area contributed by atoms with E-state index < -0.39 is 5.91 Å². The van der Waals surface area contributed by atoms with Crippen LogP contribution in [-0.4, -0.2) is 23.4 Å². The second kappa shape index (κ2) is 7.18. The summed E-state index contributed by atoms with van der Waals surface area (Å²) < 4.78 is 18.5. The van der Waals surface area contributed by atoms with E-state index in [0.29, 0.717) is 33.6 Å². The second-order valence-corrected chi connectivity index (χ2v) is 5.70. The standard InChI is InChI=1S/C19H16FN3O3/c1-11-16(7-12-5-6-13(20)8-17(12)22-11)19(25)23-14-3-2-4-15(9-14)26-10-18(21)24/h2-9H,10H2,1H3,(H2,21,24)(H,23,25). The third-order valence-electron chi connectivity index (χ3n) is 3.69. The number of aromatic nitrogens is 1. The number of carbonyl (C=O) groups excluding carboxylic acids is 2. The van der Waals surface area contributed by atoms with E-state index in [-0.39, 0.29) is 18.3 Å². The normalized spacial score (nSPS) is 10.5. The van der Waals surface area contributed by atoms with Crippen molar-refractivity contribution >= 4 is 28.4 Å². The minimum Gasteiger partial charge on any atom is -0.484 e. The average molecular weight is 353 g/mol. The Kier molecular flexibility index (Phi) is 4.79. The van der Waals surface area contributed by atoms with Crippen molar-refractivity contribution in [1.82, 2.24) is 4.98 Å². The van der Waals surface area contributed by atoms with Gasteiger partial charge in [0.1, 0.15) is 11.6 Å². The molecule has 3 N–H and O–H groups in total. The number of hydrogen-bond donors (Lipinski definition) is 2. The molecule has 0 fully saturated rings. The third kappa shape index (κ3) is 3.94. The van der Waals surface area contributed by atoms with Gasteiger partial charge in [-0.25, -0.2) is 4.39 Å². The smallest absolute Gasteiger partial charge is 0.257 e. The van der Waals surface area contributed by atoms with Crippen LogP contribution in [-0.2, 0) is 4.79 Å². The van der Waals surface area contributed by atoms with Crippen molar-refractivity contribution in [3.63, 3.8) is 0 Å². The van der Waals surface area contributed by atoms with Gasteiger partial charge in [0.2, 0.25) is 0 Å². The predicted molar refractivity (Wildman–Crippen MR) is 95.5 cm³/mol. The van der Waals surface area contributed by atoms with E-state index in [1.54, 1.807) is 43.3 Å². The van der Waals surface area contributed by atoms with Crippen molar-refractivity contribution in [3.8, 4) is 5.75 Å². The number of nitrogens with two attached hydrogens (primary N) is 1. The quantitative estimate of drug-likeness (QED) is 0.737. The van der Waals surface area contributed by atoms with Gasteiger partial charge in [-0.3, -0.25) is 14.6 Å². The molecule has 132 valence electrons. The highest BCUT2D eigenvalue weighted by molar-refractivity contribution is 6.06. The number of benzene rings is 2. The molecule has 2 aromatic carbocycles. The maximum Gasteiger partial charge on any atom is 0.257 e. The molecule has 3 aromatic rings. The zero-order chi connectivity index (χ0) is 18.7. The van der Waals surface area contributed by atoms with Gasteiger partial charge in [-0.15, -0.1) is 0 Å². The maximum atomic E-state index is 13.3. The molecule has 7 heteroatoms. The molecule has 0 radical (unpaired) electrons. The number of primary amides is 1. The molecule has 0 saturated heterocycles. The molecule has 0 saturated carbocycles. The molecular formula is C19H16FN3O3. The highest BCUT2D eigenvalue weighted by atomic mass is 19.1. The lowest BCUT2D eigenvalue weighted by Crippen LogP contribution is -2.20. The average Bonchev–Trinajstić information content (AvgIpc) is 2.59. The van der Waals surface area contributed by atoms with E-state index in [4.69, 9.17) is 10.5 Å². The van der Waals surface area contributed by atoms with Crippen LogP contribution in [0, 0.1) is 12.7 Å². The van der Waals surface area contributed by atoms with Crippen LogP contribution in [0.1, 0.15) is 16.1 Å². The van der Waals surface area contributed by atoms with E-state index in [1.807, 2.05) is 0 Å². The van der Waals surface area contributed by atoms with Gasteiger partial charge in [0.15, 0.2) is 6.61 Å². The van der Waals surface area contributed by atoms with Gasteiger partial charge >= 0.3 is 0 Å². The summed E-state index contributed by atoms with van der Waals surface area (Å²) in [5.41, 5.74) is 6.89. The molecule has 26 heavy (non-hydrogen) atoms. The second-order valence-electron chi connectivity index (χ2n) is 5.70. The lowest BCUT2D eigenvalue weighted by Gasteiger charge is -2.10. The number of aryl methyl sites for hydroxylation is 1. The molecule has 3 rings (SSSR count). The molecule has 0 aliphatic rings. The number of anilines is 1. The van der Waals surface area contributed by atoms with Crippen molar-refractivity contribution in [2.45, 2.75) is 6.92 Å². The number of amides is 2. The number of nitrogens with zero attached hydrogens (tertiary/aromatic N) is 1. The van der Waals surface area contributed by atoms with Gasteiger partial charge in [0.05, 0.1) is 16.8 Å². The van der Waals surface area contributed by atoms with Crippen LogP contribution in [0.4, 0.5) is 10.1 Å². The maximum absolute atomic E-state index is 13.3. The molecular weight excluding hydrogens is 337 g/mol. The van der Waals surface area contributed by atoms with Crippen LogP contribution in [0.5, 0.6) is 5.75 Å².